The van der Waals surface area contributed by atoms with Crippen molar-refractivity contribution in [1.82, 2.24) is 5.32 Å². The molecule has 0 saturated heterocycles. The van der Waals surface area contributed by atoms with Gasteiger partial charge in [0, 0.05) is 6.54 Å². The summed E-state index contributed by atoms with van der Waals surface area (Å²) < 4.78 is 77.7. The van der Waals surface area contributed by atoms with Crippen LogP contribution in [0.15, 0.2) is 36.4 Å². The van der Waals surface area contributed by atoms with Crippen LogP contribution < -0.4 is 30.3 Å². The topological polar surface area (TPSA) is 264 Å². The number of aldehydes is 1. The fourth-order valence-corrected chi connectivity index (χ4v) is 478. The molecule has 0 aromatic heterocycles. The van der Waals surface area contributed by atoms with E-state index in [-0.39, 0.29) is 90.5 Å². The van der Waals surface area contributed by atoms with E-state index >= 15 is 0 Å². The Kier molecular flexibility index (Phi) is 78.9. The molecule has 0 bridgehead atoms. The van der Waals surface area contributed by atoms with Gasteiger partial charge in [-0.05, 0) is 117 Å². The van der Waals surface area contributed by atoms with Crippen molar-refractivity contribution in [2.45, 2.75) is 86.9 Å². The molecule has 442 valence electrons. The summed E-state index contributed by atoms with van der Waals surface area (Å²) >= 11 is 21.7. The minimum atomic E-state index is -4.64. The predicted octanol–water partition coefficient (Wildman–Crippen LogP) is -2.35. The molecule has 2 rings (SSSR count). The first kappa shape index (κ1) is 102. The van der Waals surface area contributed by atoms with Crippen LogP contribution in [0.5, 0.6) is 11.5 Å². The molecule has 3 N–H and O–H groups in total. The Labute approximate surface area is 671 Å². The van der Waals surface area contributed by atoms with E-state index < -0.39 is 60.0 Å². The molecule has 0 heterocycles. The standard InChI is InChI=1S/C25H38N2O9.C20H30N2O7.C2HF3O.19Mg.4H/c1-7-32-21(28)15-27(16-22(29)33-8-2)19-11-10-18(12-13-26-24(31)36-25(4,5)6)14-20(19)35-17-23(30)34-9-3;1-4-26-18(23)12-22(13-19(24)27-5-2)16-8-7-15(9-10-21)11-17(16)29-14-20(25)28-6-3;3-2(4,5)1-6;;;;;;;;;;;;;;;;;;;;;;;/h10-11,14H,7-9,12-13,15-17H2,1-6H3,(H,26,31);7-8,11H,4-6,9-10,12-14,21H2,1-3H3;1H;;;;;;;;;;;;;;;;;;;;;;;/q;;;;;;;;;;;;;;;;;;4*+1;4*-1. The maximum atomic E-state index is 12.2. The number of alkyl halides is 3. The number of nitrogens with one attached hydrogen (secondary N) is 1. The fourth-order valence-electron chi connectivity index (χ4n) is 7.50. The Morgan fingerprint density at radius 3 is 1.07 bits per heavy atom. The first-order valence-corrected chi connectivity index (χ1v) is 99.1. The summed E-state index contributed by atoms with van der Waals surface area (Å²) in [5, 5.41) is 2.68. The fraction of sp³-hybridized carbons (Fsp3) is 0.574. The second-order valence-corrected chi connectivity index (χ2v) is 158. The quantitative estimate of drug-likeness (QED) is 0.0233. The molecule has 0 aliphatic carbocycles. The molecule has 90 heavy (non-hydrogen) atoms. The van der Waals surface area contributed by atoms with Crippen molar-refractivity contribution in [3.63, 3.8) is 0 Å². The van der Waals surface area contributed by atoms with Gasteiger partial charge in [-0.3, -0.25) is 24.0 Å². The van der Waals surface area contributed by atoms with Gasteiger partial charge in [0.25, 0.3) is 0 Å². The summed E-state index contributed by atoms with van der Waals surface area (Å²) in [5.74, 6) is -2.58. The summed E-state index contributed by atoms with van der Waals surface area (Å²) in [6.07, 6.45) is -5.20. The SMILES string of the molecule is CCOC(=O)COc1cc(CCN)ccc1N(CC(=O)OCC)CC(=O)OCC.CCOC(=O)COc1cc(CCNC(=O)OC(C)(C)C)ccc1N(CC(=O)OCC)CC(=O)OCC.O=CC(F)(F)F.[H-].[H-].[H-].[H-].[Mg+][Mg][Mg][Mg][Mg][Mg][Mg][Mg][Mg+].[Mg+][Mg][Mg][Mg][Mg][Mg][Mg][Mg][Mg][Mg+]. The predicted molar refractivity (Wildman–Crippen MR) is 365 cm³/mol. The van der Waals surface area contributed by atoms with Crippen LogP contribution in [0.4, 0.5) is 29.3 Å². The summed E-state index contributed by atoms with van der Waals surface area (Å²) in [4.78, 5) is 95.7. The molecule has 0 saturated carbocycles. The number of benzene rings is 2. The van der Waals surface area contributed by atoms with Crippen molar-refractivity contribution in [1.29, 1.82) is 0 Å². The Morgan fingerprint density at radius 1 is 0.511 bits per heavy atom. The van der Waals surface area contributed by atoms with E-state index in [1.807, 2.05) is 6.07 Å². The summed E-state index contributed by atoms with van der Waals surface area (Å²) in [6.45, 7) is 15.9. The Balaban J connectivity index is -0.000000231. The second kappa shape index (κ2) is 69.7. The number of hydrogen-bond acceptors (Lipinski definition) is 20. The van der Waals surface area contributed by atoms with Crippen molar-refractivity contribution in [3.8, 4) is 11.5 Å². The van der Waals surface area contributed by atoms with E-state index in [0.29, 0.717) is 95.3 Å². The van der Waals surface area contributed by atoms with E-state index in [1.54, 1.807) is 92.6 Å². The van der Waals surface area contributed by atoms with Crippen molar-refractivity contribution >= 4 is 328 Å². The van der Waals surface area contributed by atoms with Crippen molar-refractivity contribution in [2.75, 3.05) is 102 Å². The van der Waals surface area contributed by atoms with E-state index in [1.165, 1.54) is 9.80 Å². The van der Waals surface area contributed by atoms with Gasteiger partial charge in [0.05, 0.1) is 51.0 Å². The number of hydrogen-bond donors (Lipinski definition) is 2. The van der Waals surface area contributed by atoms with Crippen LogP contribution in [0.3, 0.4) is 0 Å². The van der Waals surface area contributed by atoms with E-state index in [2.05, 4.69) is 77.5 Å². The Hall–Kier alpha value is 7.71. The summed E-state index contributed by atoms with van der Waals surface area (Å²) in [5.41, 5.74) is 7.53. The van der Waals surface area contributed by atoms with Gasteiger partial charge < -0.3 is 69.2 Å². The van der Waals surface area contributed by atoms with Crippen LogP contribution in [0.25, 0.3) is 0 Å². The van der Waals surface area contributed by atoms with Crippen LogP contribution in [0, 0.1) is 0 Å². The first-order chi connectivity index (χ1) is 42.8. The molecule has 43 heteroatoms. The third-order valence-corrected chi connectivity index (χ3v) is 271. The van der Waals surface area contributed by atoms with Gasteiger partial charge in [-0.15, -0.1) is 0 Å². The van der Waals surface area contributed by atoms with Crippen molar-refractivity contribution < 1.29 is 99.9 Å². The molecular formula is C47H73F3Mg19N4O17. The van der Waals surface area contributed by atoms with Gasteiger partial charge in [0.2, 0.25) is 6.29 Å². The number of alkyl carbamates (subject to hydrolysis) is 1. The van der Waals surface area contributed by atoms with E-state index in [0.717, 1.165) is 155 Å². The Morgan fingerprint density at radius 2 is 0.800 bits per heavy atom. The Bertz CT molecular complexity index is 2270. The van der Waals surface area contributed by atoms with Crippen LogP contribution in [-0.2, 0) is 79.6 Å². The molecule has 0 aliphatic rings. The molecule has 0 aliphatic heterocycles. The third-order valence-electron chi connectivity index (χ3n) is 11.4. The van der Waals surface area contributed by atoms with Gasteiger partial charge in [-0.25, -0.2) is 14.4 Å². The zero-order valence-electron chi connectivity index (χ0n) is 59.3. The van der Waals surface area contributed by atoms with Gasteiger partial charge in [-0.2, -0.15) is 13.2 Å². The van der Waals surface area contributed by atoms with Gasteiger partial charge in [0.1, 0.15) is 43.3 Å². The molecule has 0 fully saturated rings. The molecule has 2 aromatic rings. The zero-order valence-corrected chi connectivity index (χ0v) is 82.2. The molecular weight excluding hydrogens is 1410 g/mol. The van der Waals surface area contributed by atoms with Crippen molar-refractivity contribution in [2.24, 2.45) is 5.73 Å². The molecule has 0 unspecified atom stereocenters. The number of halogens is 3. The average molecular weight is 1480 g/mol. The maximum absolute atomic E-state index is 12.2. The number of amides is 1. The average Bonchev–Trinajstić information content (AvgIpc) is 0.843. The van der Waals surface area contributed by atoms with Gasteiger partial charge in [-0.1, -0.05) is 12.1 Å². The van der Waals surface area contributed by atoms with E-state index in [4.69, 9.17) is 53.2 Å². The number of anilines is 2. The number of rotatable bonds is 40. The molecule has 0 atom stereocenters. The number of ether oxygens (including phenoxy) is 9. The molecule has 2 aromatic carbocycles. The van der Waals surface area contributed by atoms with Crippen LogP contribution in [0.1, 0.15) is 79.1 Å². The van der Waals surface area contributed by atoms with Crippen molar-refractivity contribution in [3.05, 3.63) is 47.5 Å². The second-order valence-electron chi connectivity index (χ2n) is 20.4. The number of carbonyl (C=O) groups is 8. The van der Waals surface area contributed by atoms with E-state index in [9.17, 15) is 46.7 Å². The molecule has 0 spiro atoms. The first-order valence-electron chi connectivity index (χ1n) is 31.1. The van der Waals surface area contributed by atoms with Crippen LogP contribution >= 0.6 is 0 Å². The number of esters is 6. The number of nitrogens with two attached hydrogens (primary N) is 1. The summed E-state index contributed by atoms with van der Waals surface area (Å²) in [7, 11) is 0. The van der Waals surface area contributed by atoms with Gasteiger partial charge >= 0.3 is 316 Å². The number of carbonyl (C=O) groups excluding carboxylic acids is 8. The summed E-state index contributed by atoms with van der Waals surface area (Å²) in [6, 6.07) is 10.4. The molecule has 0 radical (unpaired) electrons. The normalized spacial score (nSPS) is 9.17. The number of nitrogens with zero attached hydrogens (tertiary/aromatic N) is 2. The molecule has 1 amide bonds. The van der Waals surface area contributed by atoms with Gasteiger partial charge in [0.15, 0.2) is 13.2 Å². The van der Waals surface area contributed by atoms with Crippen LogP contribution in [0.2, 0.25) is 0 Å². The molecule has 21 nitrogen and oxygen atoms in total. The third kappa shape index (κ3) is 64.1. The van der Waals surface area contributed by atoms with Crippen LogP contribution in [-0.4, -0.2) is 420 Å². The zero-order chi connectivity index (χ0) is 68.6. The minimum absolute atomic E-state index is 0. The monoisotopic (exact) mass is 1480 g/mol.